The predicted molar refractivity (Wildman–Crippen MR) is 107 cm³/mol. The highest BCUT2D eigenvalue weighted by Gasteiger charge is 2.15. The highest BCUT2D eigenvalue weighted by molar-refractivity contribution is 5.92. The van der Waals surface area contributed by atoms with Crippen molar-refractivity contribution in [2.45, 2.75) is 13.8 Å². The van der Waals surface area contributed by atoms with Crippen molar-refractivity contribution in [2.24, 2.45) is 0 Å². The standard InChI is InChI=1S/C21H17F2N5O2/c1-12-5-13(2)7-15(6-12)28-20-16(9-26-28)21(25-11-24-20)30-10-19(29)27-18-8-14(22)3-4-17(18)23/h3-9,11H,10H2,1-2H3,(H,27,29). The lowest BCUT2D eigenvalue weighted by molar-refractivity contribution is -0.118. The van der Waals surface area contributed by atoms with Crippen molar-refractivity contribution in [1.82, 2.24) is 19.7 Å². The molecule has 0 aliphatic rings. The van der Waals surface area contributed by atoms with Crippen molar-refractivity contribution >= 4 is 22.6 Å². The highest BCUT2D eigenvalue weighted by Crippen LogP contribution is 2.24. The van der Waals surface area contributed by atoms with Crippen molar-refractivity contribution in [1.29, 1.82) is 0 Å². The molecular weight excluding hydrogens is 392 g/mol. The minimum atomic E-state index is -0.746. The van der Waals surface area contributed by atoms with Gasteiger partial charge in [-0.05, 0) is 49.2 Å². The number of ether oxygens (including phenoxy) is 1. The fourth-order valence-electron chi connectivity index (χ4n) is 3.11. The van der Waals surface area contributed by atoms with E-state index in [4.69, 9.17) is 4.74 Å². The van der Waals surface area contributed by atoms with Gasteiger partial charge in [-0.2, -0.15) is 5.10 Å². The summed E-state index contributed by atoms with van der Waals surface area (Å²) in [5.41, 5.74) is 3.26. The maximum Gasteiger partial charge on any atom is 0.262 e. The first-order chi connectivity index (χ1) is 14.4. The molecule has 2 aromatic carbocycles. The molecule has 152 valence electrons. The van der Waals surface area contributed by atoms with Gasteiger partial charge in [0.2, 0.25) is 5.88 Å². The molecule has 4 aromatic rings. The molecule has 0 aliphatic heterocycles. The number of hydrogen-bond donors (Lipinski definition) is 1. The summed E-state index contributed by atoms with van der Waals surface area (Å²) < 4.78 is 34.1. The second kappa shape index (κ2) is 7.86. The summed E-state index contributed by atoms with van der Waals surface area (Å²) in [5, 5.41) is 7.15. The lowest BCUT2D eigenvalue weighted by atomic mass is 10.1. The van der Waals surface area contributed by atoms with Gasteiger partial charge in [0.15, 0.2) is 12.3 Å². The van der Waals surface area contributed by atoms with Gasteiger partial charge in [0.05, 0.1) is 17.6 Å². The Balaban J connectivity index is 1.54. The molecule has 0 saturated carbocycles. The molecule has 4 rings (SSSR count). The summed E-state index contributed by atoms with van der Waals surface area (Å²) in [6.45, 7) is 3.54. The van der Waals surface area contributed by atoms with Crippen LogP contribution in [0.4, 0.5) is 14.5 Å². The van der Waals surface area contributed by atoms with E-state index in [2.05, 4.69) is 26.4 Å². The normalized spacial score (nSPS) is 10.9. The molecule has 2 aromatic heterocycles. The number of nitrogens with one attached hydrogen (secondary N) is 1. The van der Waals surface area contributed by atoms with Crippen molar-refractivity contribution in [3.63, 3.8) is 0 Å². The van der Waals surface area contributed by atoms with E-state index in [1.165, 1.54) is 6.33 Å². The van der Waals surface area contributed by atoms with Gasteiger partial charge in [-0.15, -0.1) is 0 Å². The van der Waals surface area contributed by atoms with Crippen molar-refractivity contribution in [2.75, 3.05) is 11.9 Å². The number of carbonyl (C=O) groups is 1. The van der Waals surface area contributed by atoms with E-state index in [1.807, 2.05) is 26.0 Å². The predicted octanol–water partition coefficient (Wildman–Crippen LogP) is 3.73. The second-order valence-corrected chi connectivity index (χ2v) is 6.78. The van der Waals surface area contributed by atoms with E-state index in [9.17, 15) is 13.6 Å². The van der Waals surface area contributed by atoms with E-state index in [0.29, 0.717) is 11.0 Å². The third kappa shape index (κ3) is 3.95. The van der Waals surface area contributed by atoms with E-state index >= 15 is 0 Å². The molecule has 0 fully saturated rings. The summed E-state index contributed by atoms with van der Waals surface area (Å²) >= 11 is 0. The van der Waals surface area contributed by atoms with Gasteiger partial charge in [-0.25, -0.2) is 23.4 Å². The van der Waals surface area contributed by atoms with Gasteiger partial charge in [0, 0.05) is 6.07 Å². The minimum Gasteiger partial charge on any atom is -0.467 e. The van der Waals surface area contributed by atoms with E-state index in [0.717, 1.165) is 35.0 Å². The Morgan fingerprint density at radius 1 is 1.10 bits per heavy atom. The Bertz CT molecular complexity index is 1240. The van der Waals surface area contributed by atoms with Crippen LogP contribution in [0.1, 0.15) is 11.1 Å². The van der Waals surface area contributed by atoms with Gasteiger partial charge in [0.1, 0.15) is 23.3 Å². The Labute approximate surface area is 170 Å². The molecule has 7 nitrogen and oxygen atoms in total. The minimum absolute atomic E-state index is 0.158. The number of carbonyl (C=O) groups excluding carboxylic acids is 1. The Morgan fingerprint density at radius 3 is 2.63 bits per heavy atom. The number of nitrogens with zero attached hydrogens (tertiary/aromatic N) is 4. The number of halogens is 2. The first kappa shape index (κ1) is 19.4. The van der Waals surface area contributed by atoms with Gasteiger partial charge in [0.25, 0.3) is 5.91 Å². The topological polar surface area (TPSA) is 81.9 Å². The number of benzene rings is 2. The molecule has 30 heavy (non-hydrogen) atoms. The molecule has 0 atom stereocenters. The van der Waals surface area contributed by atoms with Crippen LogP contribution in [0.25, 0.3) is 16.7 Å². The molecule has 0 bridgehead atoms. The van der Waals surface area contributed by atoms with Crippen LogP contribution in [0, 0.1) is 25.5 Å². The molecule has 1 N–H and O–H groups in total. The zero-order valence-electron chi connectivity index (χ0n) is 16.2. The van der Waals surface area contributed by atoms with Gasteiger partial charge >= 0.3 is 0 Å². The quantitative estimate of drug-likeness (QED) is 0.543. The van der Waals surface area contributed by atoms with Crippen LogP contribution >= 0.6 is 0 Å². The lowest BCUT2D eigenvalue weighted by Gasteiger charge is -2.09. The van der Waals surface area contributed by atoms with Crippen LogP contribution in [0.2, 0.25) is 0 Å². The summed E-state index contributed by atoms with van der Waals surface area (Å²) in [7, 11) is 0. The number of amides is 1. The van der Waals surface area contributed by atoms with Gasteiger partial charge < -0.3 is 10.1 Å². The van der Waals surface area contributed by atoms with Crippen molar-refractivity contribution in [3.05, 3.63) is 71.7 Å². The van der Waals surface area contributed by atoms with Crippen LogP contribution in [-0.2, 0) is 4.79 Å². The first-order valence-corrected chi connectivity index (χ1v) is 9.06. The average Bonchev–Trinajstić information content (AvgIpc) is 3.13. The van der Waals surface area contributed by atoms with Crippen LogP contribution in [0.15, 0.2) is 48.9 Å². The molecule has 9 heteroatoms. The molecule has 0 aliphatic carbocycles. The average molecular weight is 409 g/mol. The monoisotopic (exact) mass is 409 g/mol. The molecule has 0 saturated heterocycles. The number of fused-ring (bicyclic) bond motifs is 1. The van der Waals surface area contributed by atoms with Crippen LogP contribution < -0.4 is 10.1 Å². The van der Waals surface area contributed by atoms with Crippen LogP contribution in [-0.4, -0.2) is 32.3 Å². The van der Waals surface area contributed by atoms with Crippen molar-refractivity contribution < 1.29 is 18.3 Å². The van der Waals surface area contributed by atoms with Crippen LogP contribution in [0.5, 0.6) is 5.88 Å². The number of aryl methyl sites for hydroxylation is 2. The third-order valence-corrected chi connectivity index (χ3v) is 4.32. The zero-order valence-corrected chi connectivity index (χ0v) is 16.2. The molecular formula is C21H17F2N5O2. The lowest BCUT2D eigenvalue weighted by Crippen LogP contribution is -2.21. The van der Waals surface area contributed by atoms with Gasteiger partial charge in [-0.1, -0.05) is 6.07 Å². The maximum atomic E-state index is 13.7. The third-order valence-electron chi connectivity index (χ3n) is 4.32. The fourth-order valence-corrected chi connectivity index (χ4v) is 3.11. The Kier molecular flexibility index (Phi) is 5.09. The summed E-state index contributed by atoms with van der Waals surface area (Å²) in [6.07, 6.45) is 2.86. The number of anilines is 1. The molecule has 0 unspecified atom stereocenters. The number of hydrogen-bond acceptors (Lipinski definition) is 5. The molecule has 0 spiro atoms. The Hall–Kier alpha value is -3.88. The fraction of sp³-hybridized carbons (Fsp3) is 0.143. The number of aromatic nitrogens is 4. The van der Waals surface area contributed by atoms with E-state index < -0.39 is 24.1 Å². The second-order valence-electron chi connectivity index (χ2n) is 6.78. The SMILES string of the molecule is Cc1cc(C)cc(-n2ncc3c(OCC(=O)Nc4cc(F)ccc4F)ncnc32)c1. The highest BCUT2D eigenvalue weighted by atomic mass is 19.1. The Morgan fingerprint density at radius 2 is 1.87 bits per heavy atom. The first-order valence-electron chi connectivity index (χ1n) is 9.06. The summed E-state index contributed by atoms with van der Waals surface area (Å²) in [4.78, 5) is 20.4. The summed E-state index contributed by atoms with van der Waals surface area (Å²) in [6, 6.07) is 8.79. The molecule has 0 radical (unpaired) electrons. The number of rotatable bonds is 5. The molecule has 1 amide bonds. The summed E-state index contributed by atoms with van der Waals surface area (Å²) in [5.74, 6) is -1.91. The van der Waals surface area contributed by atoms with Crippen molar-refractivity contribution in [3.8, 4) is 11.6 Å². The van der Waals surface area contributed by atoms with Crippen LogP contribution in [0.3, 0.4) is 0 Å². The maximum absolute atomic E-state index is 13.7. The van der Waals surface area contributed by atoms with Gasteiger partial charge in [-0.3, -0.25) is 4.79 Å². The zero-order chi connectivity index (χ0) is 21.3. The van der Waals surface area contributed by atoms with E-state index in [-0.39, 0.29) is 11.6 Å². The van der Waals surface area contributed by atoms with E-state index in [1.54, 1.807) is 10.9 Å². The molecule has 2 heterocycles. The smallest absolute Gasteiger partial charge is 0.262 e. The largest absolute Gasteiger partial charge is 0.467 e.